The molecular formula is C14H9Cl2F4NO2S. The standard InChI is InChI=1S/C14H9Cl2F4NO2S/c15-10-3-4-13(11(16)6-10)24(22,23)21-7-8-1-2-9(5-12(8)17)14(18,19)20/h1-6,21H,7H2. The summed E-state index contributed by atoms with van der Waals surface area (Å²) in [6.07, 6.45) is -4.68. The fraction of sp³-hybridized carbons (Fsp3) is 0.143. The molecule has 2 aromatic rings. The number of halogens is 6. The van der Waals surface area contributed by atoms with E-state index < -0.39 is 34.1 Å². The van der Waals surface area contributed by atoms with Crippen LogP contribution in [0.3, 0.4) is 0 Å². The number of sulfonamides is 1. The minimum atomic E-state index is -4.68. The fourth-order valence-corrected chi connectivity index (χ4v) is 3.59. The SMILES string of the molecule is O=S(=O)(NCc1ccc(C(F)(F)F)cc1F)c1ccc(Cl)cc1Cl. The molecule has 0 spiro atoms. The van der Waals surface area contributed by atoms with Crippen molar-refractivity contribution in [1.29, 1.82) is 0 Å². The molecule has 0 radical (unpaired) electrons. The lowest BCUT2D eigenvalue weighted by molar-refractivity contribution is -0.137. The van der Waals surface area contributed by atoms with Crippen LogP contribution in [-0.4, -0.2) is 8.42 Å². The highest BCUT2D eigenvalue weighted by molar-refractivity contribution is 7.89. The van der Waals surface area contributed by atoms with E-state index in [1.807, 2.05) is 0 Å². The summed E-state index contributed by atoms with van der Waals surface area (Å²) in [5.41, 5.74) is -1.40. The van der Waals surface area contributed by atoms with Crippen LogP contribution in [0, 0.1) is 5.82 Å². The second-order valence-electron chi connectivity index (χ2n) is 4.70. The van der Waals surface area contributed by atoms with Crippen LogP contribution >= 0.6 is 23.2 Å². The molecule has 2 rings (SSSR count). The van der Waals surface area contributed by atoms with Gasteiger partial charge in [0.05, 0.1) is 10.6 Å². The van der Waals surface area contributed by atoms with Crippen molar-refractivity contribution in [3.63, 3.8) is 0 Å². The highest BCUT2D eigenvalue weighted by atomic mass is 35.5. The molecule has 130 valence electrons. The second kappa shape index (κ2) is 6.87. The topological polar surface area (TPSA) is 46.2 Å². The van der Waals surface area contributed by atoms with Gasteiger partial charge in [-0.15, -0.1) is 0 Å². The Hall–Kier alpha value is -1.35. The Balaban J connectivity index is 2.21. The Kier molecular flexibility index (Phi) is 5.44. The van der Waals surface area contributed by atoms with Gasteiger partial charge in [-0.1, -0.05) is 29.3 Å². The van der Waals surface area contributed by atoms with Crippen molar-refractivity contribution >= 4 is 33.2 Å². The van der Waals surface area contributed by atoms with Crippen LogP contribution in [0.15, 0.2) is 41.3 Å². The lowest BCUT2D eigenvalue weighted by Gasteiger charge is -2.11. The molecule has 0 saturated heterocycles. The molecule has 0 bridgehead atoms. The average Bonchev–Trinajstić information content (AvgIpc) is 2.44. The van der Waals surface area contributed by atoms with Gasteiger partial charge in [-0.3, -0.25) is 0 Å². The number of hydrogen-bond donors (Lipinski definition) is 1. The third-order valence-electron chi connectivity index (χ3n) is 3.02. The van der Waals surface area contributed by atoms with Crippen molar-refractivity contribution in [2.45, 2.75) is 17.6 Å². The van der Waals surface area contributed by atoms with Crippen molar-refractivity contribution in [2.24, 2.45) is 0 Å². The summed E-state index contributed by atoms with van der Waals surface area (Å²) in [7, 11) is -4.09. The Bertz CT molecular complexity index is 870. The zero-order chi connectivity index (χ0) is 18.1. The summed E-state index contributed by atoms with van der Waals surface area (Å²) in [5.74, 6) is -1.17. The molecule has 0 aliphatic rings. The minimum absolute atomic E-state index is 0.136. The summed E-state index contributed by atoms with van der Waals surface area (Å²) in [4.78, 5) is -0.277. The predicted molar refractivity (Wildman–Crippen MR) is 81.9 cm³/mol. The van der Waals surface area contributed by atoms with Crippen LogP contribution in [0.25, 0.3) is 0 Å². The molecule has 0 aliphatic heterocycles. The van der Waals surface area contributed by atoms with Gasteiger partial charge in [0.15, 0.2) is 0 Å². The zero-order valence-electron chi connectivity index (χ0n) is 11.7. The molecule has 24 heavy (non-hydrogen) atoms. The maximum Gasteiger partial charge on any atom is 0.416 e. The largest absolute Gasteiger partial charge is 0.416 e. The third-order valence-corrected chi connectivity index (χ3v) is 5.14. The summed E-state index contributed by atoms with van der Waals surface area (Å²) in [6.45, 7) is -0.536. The van der Waals surface area contributed by atoms with Crippen molar-refractivity contribution < 1.29 is 26.0 Å². The Labute approximate surface area is 145 Å². The lowest BCUT2D eigenvalue weighted by Crippen LogP contribution is -2.24. The van der Waals surface area contributed by atoms with Gasteiger partial charge >= 0.3 is 6.18 Å². The Morgan fingerprint density at radius 2 is 1.71 bits per heavy atom. The molecule has 0 amide bonds. The van der Waals surface area contributed by atoms with E-state index in [2.05, 4.69) is 4.72 Å². The molecule has 1 N–H and O–H groups in total. The molecular weight excluding hydrogens is 393 g/mol. The van der Waals surface area contributed by atoms with Crippen LogP contribution in [0.1, 0.15) is 11.1 Å². The lowest BCUT2D eigenvalue weighted by atomic mass is 10.1. The summed E-state index contributed by atoms with van der Waals surface area (Å²) < 4.78 is 77.5. The van der Waals surface area contributed by atoms with Crippen LogP contribution < -0.4 is 4.72 Å². The van der Waals surface area contributed by atoms with Gasteiger partial charge in [0, 0.05) is 17.1 Å². The van der Waals surface area contributed by atoms with Gasteiger partial charge in [0.1, 0.15) is 10.7 Å². The van der Waals surface area contributed by atoms with E-state index in [1.54, 1.807) is 0 Å². The molecule has 0 saturated carbocycles. The molecule has 0 fully saturated rings. The molecule has 10 heteroatoms. The first-order valence-electron chi connectivity index (χ1n) is 6.31. The highest BCUT2D eigenvalue weighted by Gasteiger charge is 2.31. The Morgan fingerprint density at radius 1 is 1.04 bits per heavy atom. The molecule has 3 nitrogen and oxygen atoms in total. The van der Waals surface area contributed by atoms with E-state index in [0.717, 1.165) is 12.1 Å². The number of alkyl halides is 3. The smallest absolute Gasteiger partial charge is 0.207 e. The molecule has 0 unspecified atom stereocenters. The maximum absolute atomic E-state index is 13.7. The van der Waals surface area contributed by atoms with Crippen LogP contribution in [-0.2, 0) is 22.7 Å². The molecule has 0 atom stereocenters. The van der Waals surface area contributed by atoms with E-state index in [9.17, 15) is 26.0 Å². The summed E-state index contributed by atoms with van der Waals surface area (Å²) >= 11 is 11.5. The number of rotatable bonds is 4. The number of benzene rings is 2. The van der Waals surface area contributed by atoms with Crippen LogP contribution in [0.4, 0.5) is 17.6 Å². The zero-order valence-corrected chi connectivity index (χ0v) is 14.0. The Morgan fingerprint density at radius 3 is 2.25 bits per heavy atom. The second-order valence-corrected chi connectivity index (χ2v) is 7.28. The van der Waals surface area contributed by atoms with E-state index in [0.29, 0.717) is 12.1 Å². The van der Waals surface area contributed by atoms with E-state index in [1.165, 1.54) is 12.1 Å². The van der Waals surface area contributed by atoms with Gasteiger partial charge in [0.25, 0.3) is 0 Å². The normalized spacial score (nSPS) is 12.4. The predicted octanol–water partition coefficient (Wildman–Crippen LogP) is 4.63. The van der Waals surface area contributed by atoms with Gasteiger partial charge < -0.3 is 0 Å². The van der Waals surface area contributed by atoms with Crippen molar-refractivity contribution in [3.8, 4) is 0 Å². The van der Waals surface area contributed by atoms with Crippen LogP contribution in [0.5, 0.6) is 0 Å². The fourth-order valence-electron chi connectivity index (χ4n) is 1.81. The third kappa shape index (κ3) is 4.38. The van der Waals surface area contributed by atoms with Gasteiger partial charge in [-0.25, -0.2) is 17.5 Å². The molecule has 2 aromatic carbocycles. The first kappa shape index (κ1) is 19.0. The average molecular weight is 402 g/mol. The van der Waals surface area contributed by atoms with Crippen molar-refractivity contribution in [2.75, 3.05) is 0 Å². The number of hydrogen-bond acceptors (Lipinski definition) is 2. The van der Waals surface area contributed by atoms with Crippen molar-refractivity contribution in [3.05, 3.63) is 63.4 Å². The highest BCUT2D eigenvalue weighted by Crippen LogP contribution is 2.30. The molecule has 0 heterocycles. The molecule has 0 aromatic heterocycles. The summed E-state index contributed by atoms with van der Waals surface area (Å²) in [5, 5.41) is 0.0932. The first-order valence-corrected chi connectivity index (χ1v) is 8.55. The van der Waals surface area contributed by atoms with Crippen LogP contribution in [0.2, 0.25) is 10.0 Å². The van der Waals surface area contributed by atoms with E-state index in [-0.39, 0.29) is 20.5 Å². The van der Waals surface area contributed by atoms with Gasteiger partial charge in [-0.2, -0.15) is 13.2 Å². The van der Waals surface area contributed by atoms with E-state index >= 15 is 0 Å². The van der Waals surface area contributed by atoms with E-state index in [4.69, 9.17) is 23.2 Å². The quantitative estimate of drug-likeness (QED) is 0.759. The minimum Gasteiger partial charge on any atom is -0.207 e. The maximum atomic E-state index is 13.7. The van der Waals surface area contributed by atoms with Crippen molar-refractivity contribution in [1.82, 2.24) is 4.72 Å². The molecule has 0 aliphatic carbocycles. The monoisotopic (exact) mass is 401 g/mol. The number of nitrogens with one attached hydrogen (secondary N) is 1. The van der Waals surface area contributed by atoms with Gasteiger partial charge in [0.2, 0.25) is 10.0 Å². The summed E-state index contributed by atoms with van der Waals surface area (Å²) in [6, 6.07) is 5.53. The first-order chi connectivity index (χ1) is 11.0. The van der Waals surface area contributed by atoms with Gasteiger partial charge in [-0.05, 0) is 30.3 Å².